The highest BCUT2D eigenvalue weighted by Gasteiger charge is 2.33. The molecule has 0 atom stereocenters. The standard InChI is InChI=1S/C25H21N3O14S3/c29-20(26-7-8-27-25(32)42-28-21(30)5-6-22(28)31)10-12-9-17(43(33,34)35)14-3-4-16-19(45(39,40)41)11-18(44(36,37)38)15-2-1-13(12)23(14)24(15)16/h1-4,9,11H,5-8,10H2,(H,26,29)(H,27,32)(H,33,34,35)(H,36,37,38)(H,39,40,41). The van der Waals surface area contributed by atoms with E-state index in [0.29, 0.717) is 11.1 Å². The van der Waals surface area contributed by atoms with Gasteiger partial charge in [0.15, 0.2) is 0 Å². The van der Waals surface area contributed by atoms with Gasteiger partial charge in [0.05, 0.1) is 6.42 Å². The summed E-state index contributed by atoms with van der Waals surface area (Å²) in [6.45, 7) is -0.408. The summed E-state index contributed by atoms with van der Waals surface area (Å²) in [4.78, 5) is 49.9. The van der Waals surface area contributed by atoms with Crippen molar-refractivity contribution < 1.29 is 62.9 Å². The molecule has 1 saturated heterocycles. The number of imide groups is 1. The first-order valence-corrected chi connectivity index (χ1v) is 17.0. The third-order valence-electron chi connectivity index (χ3n) is 6.95. The quantitative estimate of drug-likeness (QED) is 0.0706. The van der Waals surface area contributed by atoms with Crippen molar-refractivity contribution >= 4 is 86.5 Å². The van der Waals surface area contributed by atoms with Gasteiger partial charge in [-0.2, -0.15) is 25.3 Å². The smallest absolute Gasteiger partial charge is 0.354 e. The molecule has 4 amide bonds. The van der Waals surface area contributed by atoms with Gasteiger partial charge in [0.25, 0.3) is 42.2 Å². The number of benzene rings is 4. The molecule has 45 heavy (non-hydrogen) atoms. The second-order valence-electron chi connectivity index (χ2n) is 9.82. The van der Waals surface area contributed by atoms with Crippen LogP contribution < -0.4 is 10.6 Å². The van der Waals surface area contributed by atoms with E-state index in [1.165, 1.54) is 12.1 Å². The van der Waals surface area contributed by atoms with E-state index >= 15 is 0 Å². The van der Waals surface area contributed by atoms with Crippen molar-refractivity contribution in [1.82, 2.24) is 15.7 Å². The van der Waals surface area contributed by atoms with Crippen molar-refractivity contribution in [2.75, 3.05) is 13.1 Å². The van der Waals surface area contributed by atoms with E-state index in [4.69, 9.17) is 0 Å². The van der Waals surface area contributed by atoms with Crippen LogP contribution in [-0.4, -0.2) is 80.9 Å². The molecule has 238 valence electrons. The lowest BCUT2D eigenvalue weighted by Crippen LogP contribution is -2.40. The highest BCUT2D eigenvalue weighted by atomic mass is 32.2. The summed E-state index contributed by atoms with van der Waals surface area (Å²) in [5.74, 6) is -2.10. The zero-order valence-electron chi connectivity index (χ0n) is 22.5. The van der Waals surface area contributed by atoms with Crippen LogP contribution in [0, 0.1) is 0 Å². The van der Waals surface area contributed by atoms with Crippen molar-refractivity contribution in [3.05, 3.63) is 42.0 Å². The fourth-order valence-electron chi connectivity index (χ4n) is 5.13. The van der Waals surface area contributed by atoms with Gasteiger partial charge in [-0.3, -0.25) is 28.0 Å². The van der Waals surface area contributed by atoms with E-state index in [2.05, 4.69) is 15.5 Å². The van der Waals surface area contributed by atoms with E-state index in [0.717, 1.165) is 18.2 Å². The number of hydroxylamine groups is 2. The normalized spacial score (nSPS) is 14.5. The number of carbonyl (C=O) groups is 4. The van der Waals surface area contributed by atoms with Gasteiger partial charge in [0.2, 0.25) is 5.91 Å². The van der Waals surface area contributed by atoms with Crippen LogP contribution in [0.5, 0.6) is 0 Å². The number of nitrogens with zero attached hydrogens (tertiary/aromatic N) is 1. The molecular weight excluding hydrogens is 662 g/mol. The minimum Gasteiger partial charge on any atom is -0.354 e. The molecule has 0 aliphatic carbocycles. The molecule has 5 rings (SSSR count). The molecule has 20 heteroatoms. The predicted molar refractivity (Wildman–Crippen MR) is 152 cm³/mol. The van der Waals surface area contributed by atoms with E-state index in [9.17, 15) is 58.1 Å². The van der Waals surface area contributed by atoms with Crippen molar-refractivity contribution in [2.45, 2.75) is 33.9 Å². The fraction of sp³-hybridized carbons (Fsp3) is 0.200. The Balaban J connectivity index is 1.51. The molecule has 0 aromatic heterocycles. The van der Waals surface area contributed by atoms with Crippen molar-refractivity contribution in [3.63, 3.8) is 0 Å². The fourth-order valence-corrected chi connectivity index (χ4v) is 7.37. The zero-order chi connectivity index (χ0) is 33.1. The number of hydrogen-bond donors (Lipinski definition) is 5. The highest BCUT2D eigenvalue weighted by Crippen LogP contribution is 2.43. The lowest BCUT2D eigenvalue weighted by atomic mass is 9.91. The summed E-state index contributed by atoms with van der Waals surface area (Å²) in [6.07, 6.45) is -1.87. The van der Waals surface area contributed by atoms with E-state index in [1.54, 1.807) is 0 Å². The Kier molecular flexibility index (Phi) is 7.92. The van der Waals surface area contributed by atoms with Crippen LogP contribution in [0.3, 0.4) is 0 Å². The van der Waals surface area contributed by atoms with Gasteiger partial charge in [-0.05, 0) is 28.5 Å². The van der Waals surface area contributed by atoms with E-state index < -0.39 is 75.3 Å². The first-order valence-electron chi connectivity index (χ1n) is 12.7. The molecule has 0 radical (unpaired) electrons. The van der Waals surface area contributed by atoms with Gasteiger partial charge in [-0.1, -0.05) is 24.3 Å². The van der Waals surface area contributed by atoms with E-state index in [1.807, 2.05) is 0 Å². The Labute approximate surface area is 253 Å². The van der Waals surface area contributed by atoms with Crippen LogP contribution in [0.1, 0.15) is 18.4 Å². The average Bonchev–Trinajstić information content (AvgIpc) is 3.24. The zero-order valence-corrected chi connectivity index (χ0v) is 25.0. The van der Waals surface area contributed by atoms with Crippen LogP contribution in [0.25, 0.3) is 32.3 Å². The average molecular weight is 684 g/mol. The number of amides is 4. The molecule has 4 aromatic carbocycles. The van der Waals surface area contributed by atoms with Gasteiger partial charge in [0, 0.05) is 47.5 Å². The van der Waals surface area contributed by atoms with Gasteiger partial charge in [-0.25, -0.2) is 4.79 Å². The molecule has 4 aromatic rings. The van der Waals surface area contributed by atoms with Crippen molar-refractivity contribution in [2.24, 2.45) is 0 Å². The minimum atomic E-state index is -5.09. The molecule has 0 spiro atoms. The minimum absolute atomic E-state index is 0.00823. The van der Waals surface area contributed by atoms with E-state index in [-0.39, 0.29) is 63.8 Å². The maximum atomic E-state index is 12.8. The summed E-state index contributed by atoms with van der Waals surface area (Å²) in [6, 6.07) is 6.28. The lowest BCUT2D eigenvalue weighted by molar-refractivity contribution is -0.171. The Morgan fingerprint density at radius 3 is 1.60 bits per heavy atom. The summed E-state index contributed by atoms with van der Waals surface area (Å²) < 4.78 is 103. The Hall–Kier alpha value is -4.47. The van der Waals surface area contributed by atoms with Gasteiger partial charge in [-0.15, -0.1) is 5.06 Å². The van der Waals surface area contributed by atoms with Gasteiger partial charge >= 0.3 is 6.09 Å². The van der Waals surface area contributed by atoms with Crippen LogP contribution in [-0.2, 0) is 56.0 Å². The summed E-state index contributed by atoms with van der Waals surface area (Å²) >= 11 is 0. The van der Waals surface area contributed by atoms with Crippen molar-refractivity contribution in [3.8, 4) is 0 Å². The van der Waals surface area contributed by atoms with Crippen LogP contribution in [0.2, 0.25) is 0 Å². The van der Waals surface area contributed by atoms with Crippen LogP contribution in [0.15, 0.2) is 51.1 Å². The Morgan fingerprint density at radius 1 is 0.689 bits per heavy atom. The molecule has 1 aliphatic heterocycles. The van der Waals surface area contributed by atoms with Crippen LogP contribution in [0.4, 0.5) is 4.79 Å². The maximum absolute atomic E-state index is 12.8. The first-order chi connectivity index (χ1) is 20.9. The second-order valence-corrected chi connectivity index (χ2v) is 14.0. The predicted octanol–water partition coefficient (Wildman–Crippen LogP) is 0.773. The molecule has 17 nitrogen and oxygen atoms in total. The molecular formula is C25H21N3O14S3. The largest absolute Gasteiger partial charge is 0.432 e. The highest BCUT2D eigenvalue weighted by molar-refractivity contribution is 7.87. The number of carbonyl (C=O) groups excluding carboxylic acids is 4. The molecule has 5 N–H and O–H groups in total. The monoisotopic (exact) mass is 683 g/mol. The summed E-state index contributed by atoms with van der Waals surface area (Å²) in [7, 11) is -15.2. The van der Waals surface area contributed by atoms with Gasteiger partial charge < -0.3 is 15.5 Å². The molecule has 1 fully saturated rings. The Bertz CT molecular complexity index is 2220. The molecule has 0 unspecified atom stereocenters. The number of hydrogen-bond acceptors (Lipinski definition) is 11. The molecule has 0 saturated carbocycles. The third-order valence-corrected chi connectivity index (χ3v) is 9.63. The lowest BCUT2D eigenvalue weighted by Gasteiger charge is -2.18. The number of rotatable bonds is 9. The topological polar surface area (TPSA) is 268 Å². The third kappa shape index (κ3) is 6.10. The van der Waals surface area contributed by atoms with Gasteiger partial charge in [0.1, 0.15) is 14.7 Å². The van der Waals surface area contributed by atoms with Crippen LogP contribution >= 0.6 is 0 Å². The second kappa shape index (κ2) is 11.2. The SMILES string of the molecule is O=C(Cc1cc(S(=O)(=O)O)c2ccc3c(S(=O)(=O)O)cc(S(=O)(=O)O)c4ccc1c2c43)NCCNC(=O)ON1C(=O)CCC1=O. The summed E-state index contributed by atoms with van der Waals surface area (Å²) in [5.41, 5.74) is -0.00823. The number of nitrogens with one attached hydrogen (secondary N) is 2. The van der Waals surface area contributed by atoms with Crippen molar-refractivity contribution in [1.29, 1.82) is 0 Å². The first kappa shape index (κ1) is 31.9. The molecule has 0 bridgehead atoms. The Morgan fingerprint density at radius 2 is 1.11 bits per heavy atom. The summed E-state index contributed by atoms with van der Waals surface area (Å²) in [5, 5.41) is 4.19. The molecule has 1 heterocycles. The molecule has 1 aliphatic rings. The maximum Gasteiger partial charge on any atom is 0.432 e.